The van der Waals surface area contributed by atoms with Gasteiger partial charge in [-0.05, 0) is 30.7 Å². The molecule has 1 aromatic carbocycles. The standard InChI is InChI=1S/C18H19N3O3/c22-16-7-2-1-6-15(16)18(24)21-10-4-9-20(11-12-21)17(23)14-5-3-8-19-13-14/h1-3,5-8,13,22H,4,9-12H2. The number of rotatable bonds is 2. The van der Waals surface area contributed by atoms with Gasteiger partial charge < -0.3 is 14.9 Å². The molecule has 0 spiro atoms. The molecule has 1 fully saturated rings. The topological polar surface area (TPSA) is 73.7 Å². The fraction of sp³-hybridized carbons (Fsp3) is 0.278. The molecule has 1 aliphatic heterocycles. The second kappa shape index (κ2) is 7.12. The highest BCUT2D eigenvalue weighted by Gasteiger charge is 2.24. The predicted octanol–water partition coefficient (Wildman–Crippen LogP) is 1.78. The quantitative estimate of drug-likeness (QED) is 0.913. The first-order valence-electron chi connectivity index (χ1n) is 7.93. The summed E-state index contributed by atoms with van der Waals surface area (Å²) < 4.78 is 0. The second-order valence-corrected chi connectivity index (χ2v) is 5.70. The largest absolute Gasteiger partial charge is 0.507 e. The average molecular weight is 325 g/mol. The van der Waals surface area contributed by atoms with Gasteiger partial charge in [0.1, 0.15) is 5.75 Å². The molecule has 0 aliphatic carbocycles. The molecule has 3 rings (SSSR count). The zero-order valence-corrected chi connectivity index (χ0v) is 13.3. The minimum Gasteiger partial charge on any atom is -0.507 e. The Labute approximate surface area is 140 Å². The minimum absolute atomic E-state index is 0.0185. The van der Waals surface area contributed by atoms with E-state index in [1.807, 2.05) is 0 Å². The van der Waals surface area contributed by atoms with Crippen molar-refractivity contribution in [2.45, 2.75) is 6.42 Å². The first kappa shape index (κ1) is 16.0. The Balaban J connectivity index is 1.68. The Morgan fingerprint density at radius 3 is 2.29 bits per heavy atom. The highest BCUT2D eigenvalue weighted by atomic mass is 16.3. The highest BCUT2D eigenvalue weighted by Crippen LogP contribution is 2.19. The fourth-order valence-corrected chi connectivity index (χ4v) is 2.82. The number of amides is 2. The van der Waals surface area contributed by atoms with Crippen molar-refractivity contribution in [3.8, 4) is 5.75 Å². The van der Waals surface area contributed by atoms with Gasteiger partial charge in [-0.25, -0.2) is 0 Å². The molecule has 24 heavy (non-hydrogen) atoms. The van der Waals surface area contributed by atoms with Crippen LogP contribution in [0.1, 0.15) is 27.1 Å². The molecule has 2 aromatic rings. The Hall–Kier alpha value is -2.89. The maximum Gasteiger partial charge on any atom is 0.257 e. The molecule has 0 saturated carbocycles. The monoisotopic (exact) mass is 325 g/mol. The average Bonchev–Trinajstić information content (AvgIpc) is 2.88. The summed E-state index contributed by atoms with van der Waals surface area (Å²) in [6.45, 7) is 2.06. The lowest BCUT2D eigenvalue weighted by molar-refractivity contribution is 0.0716. The zero-order valence-electron chi connectivity index (χ0n) is 13.3. The SMILES string of the molecule is O=C(c1cccnc1)N1CCCN(C(=O)c2ccccc2O)CC1. The van der Waals surface area contributed by atoms with E-state index in [0.29, 0.717) is 43.7 Å². The molecule has 0 bridgehead atoms. The van der Waals surface area contributed by atoms with Crippen molar-refractivity contribution in [1.29, 1.82) is 0 Å². The van der Waals surface area contributed by atoms with Crippen LogP contribution in [-0.2, 0) is 0 Å². The number of hydrogen-bond donors (Lipinski definition) is 1. The van der Waals surface area contributed by atoms with Crippen LogP contribution in [0.5, 0.6) is 5.75 Å². The van der Waals surface area contributed by atoms with Gasteiger partial charge in [0.25, 0.3) is 11.8 Å². The lowest BCUT2D eigenvalue weighted by Crippen LogP contribution is -2.37. The third kappa shape index (κ3) is 3.37. The van der Waals surface area contributed by atoms with Gasteiger partial charge >= 0.3 is 0 Å². The molecule has 0 atom stereocenters. The smallest absolute Gasteiger partial charge is 0.257 e. The van der Waals surface area contributed by atoms with E-state index in [9.17, 15) is 14.7 Å². The van der Waals surface area contributed by atoms with E-state index in [2.05, 4.69) is 4.98 Å². The van der Waals surface area contributed by atoms with Crippen LogP contribution in [0.2, 0.25) is 0 Å². The van der Waals surface area contributed by atoms with Crippen LogP contribution in [0.15, 0.2) is 48.8 Å². The molecule has 2 heterocycles. The predicted molar refractivity (Wildman–Crippen MR) is 88.8 cm³/mol. The van der Waals surface area contributed by atoms with Crippen molar-refractivity contribution in [2.24, 2.45) is 0 Å². The summed E-state index contributed by atoms with van der Waals surface area (Å²) in [5.41, 5.74) is 0.850. The molecule has 1 saturated heterocycles. The molecule has 1 N–H and O–H groups in total. The van der Waals surface area contributed by atoms with Crippen molar-refractivity contribution in [2.75, 3.05) is 26.2 Å². The first-order chi connectivity index (χ1) is 11.7. The fourth-order valence-electron chi connectivity index (χ4n) is 2.82. The number of hydrogen-bond acceptors (Lipinski definition) is 4. The molecule has 6 nitrogen and oxygen atoms in total. The minimum atomic E-state index is -0.205. The molecular formula is C18H19N3O3. The van der Waals surface area contributed by atoms with Crippen LogP contribution in [0.3, 0.4) is 0 Å². The van der Waals surface area contributed by atoms with Gasteiger partial charge in [-0.2, -0.15) is 0 Å². The molecule has 1 aromatic heterocycles. The highest BCUT2D eigenvalue weighted by molar-refractivity contribution is 5.97. The first-order valence-corrected chi connectivity index (χ1v) is 7.93. The van der Waals surface area contributed by atoms with Crippen LogP contribution >= 0.6 is 0 Å². The summed E-state index contributed by atoms with van der Waals surface area (Å²) in [6, 6.07) is 10.0. The number of phenols is 1. The van der Waals surface area contributed by atoms with E-state index < -0.39 is 0 Å². The van der Waals surface area contributed by atoms with Crippen LogP contribution in [0.25, 0.3) is 0 Å². The van der Waals surface area contributed by atoms with Gasteiger partial charge in [0.15, 0.2) is 0 Å². The van der Waals surface area contributed by atoms with E-state index in [-0.39, 0.29) is 17.6 Å². The van der Waals surface area contributed by atoms with E-state index in [0.717, 1.165) is 0 Å². The van der Waals surface area contributed by atoms with Crippen molar-refractivity contribution in [3.63, 3.8) is 0 Å². The van der Waals surface area contributed by atoms with Crippen molar-refractivity contribution >= 4 is 11.8 Å². The molecular weight excluding hydrogens is 306 g/mol. The van der Waals surface area contributed by atoms with Crippen LogP contribution in [0.4, 0.5) is 0 Å². The molecule has 0 radical (unpaired) electrons. The summed E-state index contributed by atoms with van der Waals surface area (Å²) in [5.74, 6) is -0.293. The summed E-state index contributed by atoms with van der Waals surface area (Å²) >= 11 is 0. The number of para-hydroxylation sites is 1. The Bertz CT molecular complexity index is 733. The third-order valence-corrected chi connectivity index (χ3v) is 4.11. The van der Waals surface area contributed by atoms with Crippen molar-refractivity contribution in [3.05, 3.63) is 59.9 Å². The number of benzene rings is 1. The maximum absolute atomic E-state index is 12.6. The number of aromatic nitrogens is 1. The number of phenolic OH excluding ortho intramolecular Hbond substituents is 1. The number of pyridine rings is 1. The molecule has 6 heteroatoms. The van der Waals surface area contributed by atoms with Gasteiger partial charge in [-0.3, -0.25) is 14.6 Å². The van der Waals surface area contributed by atoms with Gasteiger partial charge in [0, 0.05) is 38.6 Å². The number of carbonyl (C=O) groups excluding carboxylic acids is 2. The Morgan fingerprint density at radius 1 is 0.917 bits per heavy atom. The van der Waals surface area contributed by atoms with Gasteiger partial charge in [0.2, 0.25) is 0 Å². The summed E-state index contributed by atoms with van der Waals surface area (Å²) in [5, 5.41) is 9.85. The van der Waals surface area contributed by atoms with E-state index in [1.54, 1.807) is 52.5 Å². The van der Waals surface area contributed by atoms with Gasteiger partial charge in [0.05, 0.1) is 11.1 Å². The number of aromatic hydroxyl groups is 1. The van der Waals surface area contributed by atoms with Crippen LogP contribution in [-0.4, -0.2) is 57.9 Å². The van der Waals surface area contributed by atoms with Gasteiger partial charge in [-0.15, -0.1) is 0 Å². The lowest BCUT2D eigenvalue weighted by atomic mass is 10.1. The van der Waals surface area contributed by atoms with E-state index in [1.165, 1.54) is 6.07 Å². The normalized spacial score (nSPS) is 15.0. The molecule has 124 valence electrons. The summed E-state index contributed by atoms with van der Waals surface area (Å²) in [7, 11) is 0. The zero-order chi connectivity index (χ0) is 16.9. The van der Waals surface area contributed by atoms with E-state index >= 15 is 0 Å². The van der Waals surface area contributed by atoms with Crippen LogP contribution < -0.4 is 0 Å². The third-order valence-electron chi connectivity index (χ3n) is 4.11. The van der Waals surface area contributed by atoms with Crippen molar-refractivity contribution < 1.29 is 14.7 Å². The Kier molecular flexibility index (Phi) is 4.74. The molecule has 0 unspecified atom stereocenters. The lowest BCUT2D eigenvalue weighted by Gasteiger charge is -2.22. The van der Waals surface area contributed by atoms with Crippen molar-refractivity contribution in [1.82, 2.24) is 14.8 Å². The number of nitrogens with zero attached hydrogens (tertiary/aromatic N) is 3. The number of carbonyl (C=O) groups is 2. The molecule has 1 aliphatic rings. The summed E-state index contributed by atoms with van der Waals surface area (Å²) in [4.78, 5) is 32.5. The maximum atomic E-state index is 12.6. The van der Waals surface area contributed by atoms with Gasteiger partial charge in [-0.1, -0.05) is 12.1 Å². The summed E-state index contributed by atoms with van der Waals surface area (Å²) in [6.07, 6.45) is 3.88. The Morgan fingerprint density at radius 2 is 1.62 bits per heavy atom. The second-order valence-electron chi connectivity index (χ2n) is 5.70. The van der Waals surface area contributed by atoms with Crippen LogP contribution in [0, 0.1) is 0 Å². The molecule has 2 amide bonds. The van der Waals surface area contributed by atoms with E-state index in [4.69, 9.17) is 0 Å².